The Hall–Kier alpha value is -1.12. The molecule has 1 aromatic rings. The molecule has 2 nitrogen and oxygen atoms in total. The first-order valence-corrected chi connectivity index (χ1v) is 5.53. The first-order chi connectivity index (χ1) is 7.49. The Morgan fingerprint density at radius 2 is 1.94 bits per heavy atom. The quantitative estimate of drug-likeness (QED) is 0.751. The zero-order valence-electron chi connectivity index (χ0n) is 8.32. The third kappa shape index (κ3) is 2.18. The fraction of sp³-hybridized carbons (Fsp3) is 0.167. The molecule has 0 bridgehead atoms. The summed E-state index contributed by atoms with van der Waals surface area (Å²) in [6, 6.07) is 6.60. The molecule has 0 amide bonds. The predicted molar refractivity (Wildman–Crippen MR) is 65.8 cm³/mol. The van der Waals surface area contributed by atoms with E-state index >= 15 is 0 Å². The second-order valence-corrected chi connectivity index (χ2v) is 5.13. The van der Waals surface area contributed by atoms with Crippen LogP contribution in [0.15, 0.2) is 42.2 Å². The third-order valence-electron chi connectivity index (χ3n) is 2.41. The third-order valence-corrected chi connectivity index (χ3v) is 3.13. The van der Waals surface area contributed by atoms with Crippen LogP contribution < -0.4 is 0 Å². The van der Waals surface area contributed by atoms with E-state index in [4.69, 9.17) is 23.2 Å². The van der Waals surface area contributed by atoms with E-state index in [2.05, 4.69) is 0 Å². The number of aliphatic hydroxyl groups excluding tert-OH is 1. The molecular weight excluding hydrogens is 247 g/mol. The number of rotatable bonds is 1. The number of alkyl halides is 2. The number of aliphatic hydroxyl groups is 1. The van der Waals surface area contributed by atoms with Gasteiger partial charge in [-0.1, -0.05) is 35.3 Å². The van der Waals surface area contributed by atoms with Gasteiger partial charge in [0.2, 0.25) is 0 Å². The van der Waals surface area contributed by atoms with Gasteiger partial charge < -0.3 is 10.2 Å². The second kappa shape index (κ2) is 4.04. The van der Waals surface area contributed by atoms with E-state index in [1.54, 1.807) is 30.3 Å². The maximum atomic E-state index is 9.45. The fourth-order valence-corrected chi connectivity index (χ4v) is 2.10. The second-order valence-electron chi connectivity index (χ2n) is 3.65. The lowest BCUT2D eigenvalue weighted by atomic mass is 9.95. The van der Waals surface area contributed by atoms with Gasteiger partial charge in [-0.2, -0.15) is 0 Å². The van der Waals surface area contributed by atoms with Gasteiger partial charge in [0.25, 0.3) is 0 Å². The van der Waals surface area contributed by atoms with Gasteiger partial charge in [0.15, 0.2) is 0 Å². The van der Waals surface area contributed by atoms with Gasteiger partial charge in [-0.15, -0.1) is 0 Å². The molecule has 4 heteroatoms. The summed E-state index contributed by atoms with van der Waals surface area (Å²) >= 11 is 12.3. The molecule has 0 unspecified atom stereocenters. The highest BCUT2D eigenvalue weighted by atomic mass is 35.5. The van der Waals surface area contributed by atoms with E-state index < -0.39 is 4.33 Å². The van der Waals surface area contributed by atoms with Crippen molar-refractivity contribution in [2.45, 2.75) is 10.8 Å². The van der Waals surface area contributed by atoms with E-state index in [9.17, 15) is 10.2 Å². The number of hydrogen-bond acceptors (Lipinski definition) is 2. The normalized spacial score (nSPS) is 18.9. The molecule has 0 radical (unpaired) electrons. The summed E-state index contributed by atoms with van der Waals surface area (Å²) in [5.41, 5.74) is 1.29. The number of hydrogen-bond donors (Lipinski definition) is 2. The molecule has 0 heterocycles. The largest absolute Gasteiger partial charge is 0.508 e. The molecule has 0 atom stereocenters. The smallest absolute Gasteiger partial charge is 0.147 e. The molecule has 16 heavy (non-hydrogen) atoms. The van der Waals surface area contributed by atoms with Crippen molar-refractivity contribution in [3.63, 3.8) is 0 Å². The molecule has 0 spiro atoms. The van der Waals surface area contributed by atoms with Gasteiger partial charge in [0, 0.05) is 6.42 Å². The van der Waals surface area contributed by atoms with Crippen molar-refractivity contribution >= 4 is 28.8 Å². The zero-order chi connectivity index (χ0) is 11.8. The Bertz CT molecular complexity index is 476. The van der Waals surface area contributed by atoms with E-state index in [1.807, 2.05) is 0 Å². The lowest BCUT2D eigenvalue weighted by Crippen LogP contribution is -2.17. The van der Waals surface area contributed by atoms with E-state index in [-0.39, 0.29) is 11.5 Å². The maximum absolute atomic E-state index is 9.45. The van der Waals surface area contributed by atoms with Crippen LogP contribution >= 0.6 is 23.2 Å². The lowest BCUT2D eigenvalue weighted by molar-refractivity contribution is 0.427. The maximum Gasteiger partial charge on any atom is 0.147 e. The standard InChI is InChI=1S/C12H10Cl2O2/c13-12(14)5-4-10(16)7-11(12)8-2-1-3-9(15)6-8/h1-4,6-7,15-16H,5H2. The minimum atomic E-state index is -1.07. The van der Waals surface area contributed by atoms with Crippen LogP contribution in [0.5, 0.6) is 5.75 Å². The van der Waals surface area contributed by atoms with Crippen molar-refractivity contribution in [2.75, 3.05) is 0 Å². The summed E-state index contributed by atoms with van der Waals surface area (Å²) < 4.78 is -1.07. The first kappa shape index (κ1) is 11.4. The van der Waals surface area contributed by atoms with Crippen molar-refractivity contribution in [2.24, 2.45) is 0 Å². The molecule has 0 fully saturated rings. The van der Waals surface area contributed by atoms with Crippen LogP contribution in [0.25, 0.3) is 5.57 Å². The van der Waals surface area contributed by atoms with Crippen molar-refractivity contribution in [1.29, 1.82) is 0 Å². The van der Waals surface area contributed by atoms with Crippen LogP contribution in [-0.4, -0.2) is 14.5 Å². The topological polar surface area (TPSA) is 40.5 Å². The molecule has 1 aliphatic carbocycles. The number of benzene rings is 1. The summed E-state index contributed by atoms with van der Waals surface area (Å²) in [6.45, 7) is 0. The SMILES string of the molecule is OC1=CCC(Cl)(Cl)C(c2cccc(O)c2)=C1. The summed E-state index contributed by atoms with van der Waals surface area (Å²) in [4.78, 5) is 0. The summed E-state index contributed by atoms with van der Waals surface area (Å²) in [5.74, 6) is 0.270. The molecule has 0 aliphatic heterocycles. The van der Waals surface area contributed by atoms with Crippen molar-refractivity contribution in [3.8, 4) is 5.75 Å². The molecule has 0 saturated heterocycles. The molecule has 84 valence electrons. The summed E-state index contributed by atoms with van der Waals surface area (Å²) in [7, 11) is 0. The molecule has 2 N–H and O–H groups in total. The van der Waals surface area contributed by atoms with Gasteiger partial charge in [-0.05, 0) is 35.4 Å². The van der Waals surface area contributed by atoms with Crippen LogP contribution in [0, 0.1) is 0 Å². The summed E-state index contributed by atoms with van der Waals surface area (Å²) in [6.07, 6.45) is 3.41. The van der Waals surface area contributed by atoms with Crippen molar-refractivity contribution in [1.82, 2.24) is 0 Å². The van der Waals surface area contributed by atoms with E-state index in [1.165, 1.54) is 6.08 Å². The van der Waals surface area contributed by atoms with Crippen LogP contribution in [0.4, 0.5) is 0 Å². The van der Waals surface area contributed by atoms with E-state index in [0.29, 0.717) is 17.6 Å². The van der Waals surface area contributed by atoms with Crippen LogP contribution in [-0.2, 0) is 0 Å². The van der Waals surface area contributed by atoms with Crippen molar-refractivity contribution in [3.05, 3.63) is 47.7 Å². The first-order valence-electron chi connectivity index (χ1n) is 4.77. The van der Waals surface area contributed by atoms with Crippen molar-refractivity contribution < 1.29 is 10.2 Å². The molecular formula is C12H10Cl2O2. The minimum Gasteiger partial charge on any atom is -0.508 e. The van der Waals surface area contributed by atoms with Gasteiger partial charge in [-0.25, -0.2) is 0 Å². The zero-order valence-corrected chi connectivity index (χ0v) is 9.83. The van der Waals surface area contributed by atoms with Crippen LogP contribution in [0.1, 0.15) is 12.0 Å². The van der Waals surface area contributed by atoms with Gasteiger partial charge >= 0.3 is 0 Å². The van der Waals surface area contributed by atoms with Gasteiger partial charge in [0.05, 0.1) is 0 Å². The Morgan fingerprint density at radius 3 is 2.62 bits per heavy atom. The molecule has 0 saturated carbocycles. The number of aromatic hydroxyl groups is 1. The van der Waals surface area contributed by atoms with Gasteiger partial charge in [0.1, 0.15) is 15.8 Å². The molecule has 1 aliphatic rings. The molecule has 2 rings (SSSR count). The predicted octanol–water partition coefficient (Wildman–Crippen LogP) is 3.80. The molecule has 0 aromatic heterocycles. The Balaban J connectivity index is 2.49. The fourth-order valence-electron chi connectivity index (χ4n) is 1.62. The number of allylic oxidation sites excluding steroid dienone is 3. The lowest BCUT2D eigenvalue weighted by Gasteiger charge is -2.25. The Morgan fingerprint density at radius 1 is 1.19 bits per heavy atom. The Kier molecular flexibility index (Phi) is 2.87. The summed E-state index contributed by atoms with van der Waals surface area (Å²) in [5, 5.41) is 18.8. The van der Waals surface area contributed by atoms with Gasteiger partial charge in [-0.3, -0.25) is 0 Å². The average Bonchev–Trinajstić information content (AvgIpc) is 2.22. The van der Waals surface area contributed by atoms with Crippen LogP contribution in [0.2, 0.25) is 0 Å². The highest BCUT2D eigenvalue weighted by molar-refractivity contribution is 6.54. The minimum absolute atomic E-state index is 0.135. The van der Waals surface area contributed by atoms with E-state index in [0.717, 1.165) is 0 Å². The number of halogens is 2. The highest BCUT2D eigenvalue weighted by Crippen LogP contribution is 2.43. The monoisotopic (exact) mass is 256 g/mol. The highest BCUT2D eigenvalue weighted by Gasteiger charge is 2.32. The number of phenolic OH excluding ortho intramolecular Hbond substituents is 1. The van der Waals surface area contributed by atoms with Crippen LogP contribution in [0.3, 0.4) is 0 Å². The number of phenols is 1. The Labute approximate surface area is 103 Å². The average molecular weight is 257 g/mol. The molecule has 1 aromatic carbocycles.